The minimum Gasteiger partial charge on any atom is -0.334 e. The first-order chi connectivity index (χ1) is 9.83. The van der Waals surface area contributed by atoms with Crippen LogP contribution in [-0.4, -0.2) is 11.0 Å². The van der Waals surface area contributed by atoms with Crippen molar-refractivity contribution < 1.29 is 4.79 Å². The van der Waals surface area contributed by atoms with Crippen LogP contribution in [0.4, 0.5) is 4.79 Å². The van der Waals surface area contributed by atoms with Crippen molar-refractivity contribution >= 4 is 6.03 Å². The van der Waals surface area contributed by atoms with Gasteiger partial charge in [-0.3, -0.25) is 4.98 Å². The average molecular weight is 267 g/mol. The highest BCUT2D eigenvalue weighted by Gasteiger charge is 2.22. The second-order valence-electron chi connectivity index (χ2n) is 4.98. The topological polar surface area (TPSA) is 54.0 Å². The Bertz CT molecular complexity index is 598. The van der Waals surface area contributed by atoms with Crippen LogP contribution in [0.5, 0.6) is 0 Å². The summed E-state index contributed by atoms with van der Waals surface area (Å²) in [5, 5.41) is 5.90. The van der Waals surface area contributed by atoms with Crippen LogP contribution in [0.3, 0.4) is 0 Å². The molecular weight excluding hydrogens is 250 g/mol. The summed E-state index contributed by atoms with van der Waals surface area (Å²) in [6.07, 6.45) is 5.48. The van der Waals surface area contributed by atoms with Crippen LogP contribution in [-0.2, 0) is 13.0 Å². The summed E-state index contributed by atoms with van der Waals surface area (Å²) >= 11 is 0. The van der Waals surface area contributed by atoms with E-state index >= 15 is 0 Å². The Morgan fingerprint density at radius 2 is 2.15 bits per heavy atom. The van der Waals surface area contributed by atoms with Gasteiger partial charge in [-0.15, -0.1) is 0 Å². The first-order valence-electron chi connectivity index (χ1n) is 6.84. The summed E-state index contributed by atoms with van der Waals surface area (Å²) in [5.74, 6) is 0. The van der Waals surface area contributed by atoms with Gasteiger partial charge in [0.2, 0.25) is 0 Å². The molecule has 1 unspecified atom stereocenters. The molecule has 4 heteroatoms. The predicted octanol–water partition coefficient (Wildman–Crippen LogP) is 2.57. The molecule has 2 amide bonds. The molecule has 0 radical (unpaired) electrons. The molecule has 3 rings (SSSR count). The van der Waals surface area contributed by atoms with Crippen LogP contribution in [0.25, 0.3) is 0 Å². The van der Waals surface area contributed by atoms with E-state index in [1.165, 1.54) is 11.1 Å². The van der Waals surface area contributed by atoms with Crippen LogP contribution in [0, 0.1) is 0 Å². The Balaban J connectivity index is 1.55. The van der Waals surface area contributed by atoms with Gasteiger partial charge in [0.15, 0.2) is 0 Å². The number of nitrogens with zero attached hydrogens (tertiary/aromatic N) is 1. The Morgan fingerprint density at radius 3 is 3.00 bits per heavy atom. The van der Waals surface area contributed by atoms with Crippen molar-refractivity contribution in [2.75, 3.05) is 0 Å². The maximum absolute atomic E-state index is 11.9. The summed E-state index contributed by atoms with van der Waals surface area (Å²) in [6.45, 7) is 0.494. The number of urea groups is 1. The van der Waals surface area contributed by atoms with Crippen molar-refractivity contribution in [3.63, 3.8) is 0 Å². The van der Waals surface area contributed by atoms with Crippen molar-refractivity contribution in [3.05, 3.63) is 65.5 Å². The van der Waals surface area contributed by atoms with E-state index in [1.54, 1.807) is 12.4 Å². The second-order valence-corrected chi connectivity index (χ2v) is 4.98. The molecule has 0 aliphatic heterocycles. The maximum Gasteiger partial charge on any atom is 0.315 e. The number of pyridine rings is 1. The van der Waals surface area contributed by atoms with Crippen molar-refractivity contribution in [1.29, 1.82) is 0 Å². The van der Waals surface area contributed by atoms with Gasteiger partial charge in [0.1, 0.15) is 0 Å². The van der Waals surface area contributed by atoms with Gasteiger partial charge in [-0.25, -0.2) is 4.79 Å². The normalized spacial score (nSPS) is 16.5. The fourth-order valence-electron chi connectivity index (χ4n) is 2.60. The number of amides is 2. The minimum absolute atomic E-state index is 0.125. The van der Waals surface area contributed by atoms with Crippen molar-refractivity contribution in [1.82, 2.24) is 15.6 Å². The summed E-state index contributed by atoms with van der Waals surface area (Å²) in [4.78, 5) is 16.0. The molecule has 2 aromatic rings. The first kappa shape index (κ1) is 12.7. The smallest absolute Gasteiger partial charge is 0.315 e. The number of carbonyl (C=O) groups is 1. The molecule has 1 atom stereocenters. The fraction of sp³-hybridized carbons (Fsp3) is 0.250. The zero-order chi connectivity index (χ0) is 13.8. The van der Waals surface area contributed by atoms with E-state index in [-0.39, 0.29) is 12.1 Å². The Kier molecular flexibility index (Phi) is 3.63. The lowest BCUT2D eigenvalue weighted by molar-refractivity contribution is 0.236. The zero-order valence-corrected chi connectivity index (χ0v) is 11.2. The Morgan fingerprint density at radius 1 is 1.25 bits per heavy atom. The number of hydrogen-bond acceptors (Lipinski definition) is 2. The molecule has 0 bridgehead atoms. The molecule has 1 aliphatic carbocycles. The molecule has 0 fully saturated rings. The van der Waals surface area contributed by atoms with Crippen LogP contribution < -0.4 is 10.6 Å². The standard InChI is InChI=1S/C16H17N3O/c20-16(18-11-12-4-3-9-17-10-12)19-15-8-7-13-5-1-2-6-14(13)15/h1-6,9-10,15H,7-8,11H2,(H2,18,19,20). The lowest BCUT2D eigenvalue weighted by atomic mass is 10.1. The van der Waals surface area contributed by atoms with Gasteiger partial charge in [-0.2, -0.15) is 0 Å². The minimum atomic E-state index is -0.129. The average Bonchev–Trinajstić information content (AvgIpc) is 2.90. The van der Waals surface area contributed by atoms with E-state index in [2.05, 4.69) is 27.8 Å². The number of fused-ring (bicyclic) bond motifs is 1. The molecule has 20 heavy (non-hydrogen) atoms. The lowest BCUT2D eigenvalue weighted by Crippen LogP contribution is -2.36. The highest BCUT2D eigenvalue weighted by Crippen LogP contribution is 2.30. The molecule has 1 aliphatic rings. The summed E-state index contributed by atoms with van der Waals surface area (Å²) < 4.78 is 0. The largest absolute Gasteiger partial charge is 0.334 e. The molecule has 1 aromatic heterocycles. The number of aromatic nitrogens is 1. The summed E-state index contributed by atoms with van der Waals surface area (Å²) in [5.41, 5.74) is 3.57. The van der Waals surface area contributed by atoms with Crippen molar-refractivity contribution in [2.45, 2.75) is 25.4 Å². The molecule has 1 aromatic carbocycles. The van der Waals surface area contributed by atoms with Gasteiger partial charge < -0.3 is 10.6 Å². The number of rotatable bonds is 3. The summed E-state index contributed by atoms with van der Waals surface area (Å²) in [7, 11) is 0. The first-order valence-corrected chi connectivity index (χ1v) is 6.84. The van der Waals surface area contributed by atoms with Crippen molar-refractivity contribution in [3.8, 4) is 0 Å². The van der Waals surface area contributed by atoms with E-state index in [0.717, 1.165) is 18.4 Å². The van der Waals surface area contributed by atoms with E-state index in [4.69, 9.17) is 0 Å². The Hall–Kier alpha value is -2.36. The molecule has 1 heterocycles. The maximum atomic E-state index is 11.9. The van der Waals surface area contributed by atoms with Crippen LogP contribution in [0.1, 0.15) is 29.2 Å². The lowest BCUT2D eigenvalue weighted by Gasteiger charge is -2.14. The third-order valence-corrected chi connectivity index (χ3v) is 3.61. The fourth-order valence-corrected chi connectivity index (χ4v) is 2.60. The monoisotopic (exact) mass is 267 g/mol. The third kappa shape index (κ3) is 2.79. The third-order valence-electron chi connectivity index (χ3n) is 3.61. The van der Waals surface area contributed by atoms with E-state index < -0.39 is 0 Å². The highest BCUT2D eigenvalue weighted by atomic mass is 16.2. The van der Waals surface area contributed by atoms with Crippen LogP contribution in [0.15, 0.2) is 48.8 Å². The van der Waals surface area contributed by atoms with Crippen LogP contribution in [0.2, 0.25) is 0 Å². The van der Waals surface area contributed by atoms with Gasteiger partial charge in [-0.05, 0) is 35.6 Å². The zero-order valence-electron chi connectivity index (χ0n) is 11.2. The van der Waals surface area contributed by atoms with E-state index in [0.29, 0.717) is 6.54 Å². The second kappa shape index (κ2) is 5.74. The SMILES string of the molecule is O=C(NCc1cccnc1)NC1CCc2ccccc21. The van der Waals surface area contributed by atoms with Gasteiger partial charge in [-0.1, -0.05) is 30.3 Å². The molecular formula is C16H17N3O. The molecule has 0 saturated carbocycles. The van der Waals surface area contributed by atoms with Gasteiger partial charge in [0, 0.05) is 18.9 Å². The molecule has 0 spiro atoms. The molecule has 0 saturated heterocycles. The van der Waals surface area contributed by atoms with Gasteiger partial charge in [0.05, 0.1) is 6.04 Å². The quantitative estimate of drug-likeness (QED) is 0.898. The number of benzene rings is 1. The van der Waals surface area contributed by atoms with E-state index in [1.807, 2.05) is 24.3 Å². The van der Waals surface area contributed by atoms with Gasteiger partial charge >= 0.3 is 6.03 Å². The predicted molar refractivity (Wildman–Crippen MR) is 77.1 cm³/mol. The molecule has 2 N–H and O–H groups in total. The summed E-state index contributed by atoms with van der Waals surface area (Å²) in [6, 6.07) is 12.1. The number of aryl methyl sites for hydroxylation is 1. The van der Waals surface area contributed by atoms with Crippen LogP contribution >= 0.6 is 0 Å². The number of hydrogen-bond donors (Lipinski definition) is 2. The molecule has 4 nitrogen and oxygen atoms in total. The number of carbonyl (C=O) groups excluding carboxylic acids is 1. The highest BCUT2D eigenvalue weighted by molar-refractivity contribution is 5.74. The van der Waals surface area contributed by atoms with E-state index in [9.17, 15) is 4.79 Å². The van der Waals surface area contributed by atoms with Crippen molar-refractivity contribution in [2.24, 2.45) is 0 Å². The Labute approximate surface area is 118 Å². The van der Waals surface area contributed by atoms with Gasteiger partial charge in [0.25, 0.3) is 0 Å². The number of nitrogens with one attached hydrogen (secondary N) is 2. The molecule has 102 valence electrons.